The van der Waals surface area contributed by atoms with Gasteiger partial charge in [0.15, 0.2) is 46.2 Å². The van der Waals surface area contributed by atoms with E-state index in [1.807, 2.05) is 6.07 Å². The quantitative estimate of drug-likeness (QED) is 0.389. The molecule has 3 heterocycles. The molecule has 1 aromatic rings. The number of carboxylic acid groups (broad SMARTS) is 1. The van der Waals surface area contributed by atoms with Gasteiger partial charge in [-0.2, -0.15) is 0 Å². The predicted molar refractivity (Wildman–Crippen MR) is 81.6 cm³/mol. The number of sulfone groups is 1. The Morgan fingerprint density at radius 2 is 2.00 bits per heavy atom. The van der Waals surface area contributed by atoms with Crippen LogP contribution in [-0.4, -0.2) is 59.0 Å². The fraction of sp³-hybridized carbons (Fsp3) is 0.467. The average Bonchev–Trinajstić information content (AvgIpc) is 2.71. The topological polar surface area (TPSA) is 122 Å². The van der Waals surface area contributed by atoms with Crippen LogP contribution < -0.4 is 4.57 Å². The first-order chi connectivity index (χ1) is 11.7. The fourth-order valence-electron chi connectivity index (χ4n) is 3.23. The summed E-state index contributed by atoms with van der Waals surface area (Å²) in [6.45, 7) is 1.18. The molecule has 2 fully saturated rings. The number of aromatic nitrogens is 1. The van der Waals surface area contributed by atoms with Crippen LogP contribution in [0.4, 0.5) is 0 Å². The molecule has 134 valence electrons. The van der Waals surface area contributed by atoms with Gasteiger partial charge in [-0.05, 0) is 6.92 Å². The molecule has 0 aromatic carbocycles. The lowest BCUT2D eigenvalue weighted by molar-refractivity contribution is -0.697. The number of carbonyl (C=O) groups is 3. The van der Waals surface area contributed by atoms with Crippen molar-refractivity contribution in [3.05, 3.63) is 30.6 Å². The van der Waals surface area contributed by atoms with Gasteiger partial charge in [0.25, 0.3) is 0 Å². The van der Waals surface area contributed by atoms with E-state index in [-0.39, 0.29) is 19.6 Å². The zero-order valence-corrected chi connectivity index (χ0v) is 14.2. The van der Waals surface area contributed by atoms with E-state index in [2.05, 4.69) is 0 Å². The van der Waals surface area contributed by atoms with Crippen LogP contribution in [0.1, 0.15) is 13.3 Å². The van der Waals surface area contributed by atoms with Crippen molar-refractivity contribution in [2.24, 2.45) is 0 Å². The van der Waals surface area contributed by atoms with E-state index in [0.29, 0.717) is 0 Å². The van der Waals surface area contributed by atoms with E-state index in [1.54, 1.807) is 29.1 Å². The first kappa shape index (κ1) is 17.3. The zero-order valence-electron chi connectivity index (χ0n) is 13.4. The van der Waals surface area contributed by atoms with Gasteiger partial charge in [0.05, 0.1) is 6.42 Å². The minimum Gasteiger partial charge on any atom is -0.480 e. The molecule has 1 amide bonds. The van der Waals surface area contributed by atoms with Crippen molar-refractivity contribution in [1.29, 1.82) is 0 Å². The van der Waals surface area contributed by atoms with Gasteiger partial charge >= 0.3 is 11.9 Å². The van der Waals surface area contributed by atoms with Gasteiger partial charge in [0.2, 0.25) is 5.91 Å². The molecule has 0 aliphatic carbocycles. The second-order valence-electron chi connectivity index (χ2n) is 6.10. The maximum atomic E-state index is 12.6. The van der Waals surface area contributed by atoms with Crippen molar-refractivity contribution in [1.82, 2.24) is 4.90 Å². The van der Waals surface area contributed by atoms with Crippen molar-refractivity contribution >= 4 is 27.7 Å². The summed E-state index contributed by atoms with van der Waals surface area (Å²) in [5.41, 5.74) is 0. The Bertz CT molecular complexity index is 839. The molecule has 0 spiro atoms. The Hall–Kier alpha value is -2.49. The monoisotopic (exact) mass is 369 g/mol. The number of rotatable bonds is 5. The van der Waals surface area contributed by atoms with E-state index in [9.17, 15) is 27.9 Å². The van der Waals surface area contributed by atoms with Gasteiger partial charge in [-0.1, -0.05) is 6.07 Å². The molecule has 3 rings (SSSR count). The third kappa shape index (κ3) is 2.39. The number of hydrogen-bond donors (Lipinski definition) is 1. The number of nitrogens with zero attached hydrogens (tertiary/aromatic N) is 2. The number of carboxylic acids is 1. The summed E-state index contributed by atoms with van der Waals surface area (Å²) in [5, 5.41) is 8.13. The first-order valence-electron chi connectivity index (χ1n) is 7.60. The highest BCUT2D eigenvalue weighted by Crippen LogP contribution is 2.46. The molecule has 2 saturated heterocycles. The summed E-state index contributed by atoms with van der Waals surface area (Å²) in [7, 11) is -4.21. The summed E-state index contributed by atoms with van der Waals surface area (Å²) < 4.78 is 29.8. The number of carbonyl (C=O) groups excluding carboxylic acids is 2. The van der Waals surface area contributed by atoms with E-state index in [1.165, 1.54) is 0 Å². The fourth-order valence-corrected chi connectivity index (χ4v) is 5.51. The molecule has 9 nitrogen and oxygen atoms in total. The Balaban J connectivity index is 1.81. The van der Waals surface area contributed by atoms with Crippen LogP contribution in [0.25, 0.3) is 0 Å². The number of esters is 1. The summed E-state index contributed by atoms with van der Waals surface area (Å²) >= 11 is 0. The van der Waals surface area contributed by atoms with E-state index >= 15 is 0 Å². The molecule has 0 radical (unpaired) electrons. The smallest absolute Gasteiger partial charge is 0.330 e. The molecule has 3 atom stereocenters. The number of aliphatic carboxylic acids is 1. The molecule has 2 aliphatic rings. The number of pyridine rings is 1. The highest BCUT2D eigenvalue weighted by atomic mass is 32.2. The minimum atomic E-state index is -4.21. The predicted octanol–water partition coefficient (Wildman–Crippen LogP) is -1.28. The molecule has 25 heavy (non-hydrogen) atoms. The minimum absolute atomic E-state index is 0.121. The molecule has 2 aliphatic heterocycles. The molecular formula is C15H17N2O7S+. The van der Waals surface area contributed by atoms with Gasteiger partial charge in [-0.15, -0.1) is 0 Å². The normalized spacial score (nSPS) is 29.6. The summed E-state index contributed by atoms with van der Waals surface area (Å²) in [6, 6.07) is 3.59. The Morgan fingerprint density at radius 1 is 1.36 bits per heavy atom. The van der Waals surface area contributed by atoms with E-state index in [4.69, 9.17) is 4.74 Å². The summed E-state index contributed by atoms with van der Waals surface area (Å²) in [4.78, 5) is 36.5. The van der Waals surface area contributed by atoms with Crippen molar-refractivity contribution in [3.8, 4) is 0 Å². The molecule has 10 heteroatoms. The molecule has 0 bridgehead atoms. The number of ether oxygens (including phenoxy) is 1. The molecule has 1 aromatic heterocycles. The van der Waals surface area contributed by atoms with E-state index < -0.39 is 43.8 Å². The molecule has 1 unspecified atom stereocenters. The Morgan fingerprint density at radius 3 is 2.56 bits per heavy atom. The van der Waals surface area contributed by atoms with Crippen LogP contribution in [-0.2, 0) is 35.5 Å². The molecular weight excluding hydrogens is 352 g/mol. The van der Waals surface area contributed by atoms with Gasteiger partial charge in [-0.3, -0.25) is 9.59 Å². The third-order valence-electron chi connectivity index (χ3n) is 4.70. The number of hydrogen-bond acceptors (Lipinski definition) is 6. The van der Waals surface area contributed by atoms with Crippen molar-refractivity contribution < 1.29 is 37.2 Å². The molecule has 0 saturated carbocycles. The lowest BCUT2D eigenvalue weighted by Crippen LogP contribution is -2.59. The third-order valence-corrected chi connectivity index (χ3v) is 7.38. The Kier molecular flexibility index (Phi) is 4.02. The number of amides is 1. The standard InChI is InChI=1S/C15H16N2O7S/c1-15(14(21)24-8-7-16-5-3-2-4-6-16)12(13(19)20)17-10(18)9-11(17)25(15,22)23/h2-6,11-12H,7-9H2,1H3/p+1/t11?,12-,15+/m0/s1. The highest BCUT2D eigenvalue weighted by molar-refractivity contribution is 7.94. The van der Waals surface area contributed by atoms with Crippen LogP contribution in [0.3, 0.4) is 0 Å². The van der Waals surface area contributed by atoms with Gasteiger partial charge < -0.3 is 14.7 Å². The number of β-lactam (4-membered cyclic amide) rings is 1. The lowest BCUT2D eigenvalue weighted by atomic mass is 9.96. The van der Waals surface area contributed by atoms with Crippen LogP contribution >= 0.6 is 0 Å². The van der Waals surface area contributed by atoms with Gasteiger partial charge in [0, 0.05) is 12.1 Å². The van der Waals surface area contributed by atoms with E-state index in [0.717, 1.165) is 11.8 Å². The SMILES string of the molecule is C[C@]1(C(=O)OCC[n+]2ccccc2)[C@H](C(=O)O)N2C(=O)CC2S1(=O)=O. The van der Waals surface area contributed by atoms with Crippen LogP contribution in [0, 0.1) is 0 Å². The maximum absolute atomic E-state index is 12.6. The van der Waals surface area contributed by atoms with Crippen molar-refractivity contribution in [2.75, 3.05) is 6.61 Å². The Labute approximate surface area is 143 Å². The largest absolute Gasteiger partial charge is 0.480 e. The van der Waals surface area contributed by atoms with Crippen LogP contribution in [0.15, 0.2) is 30.6 Å². The first-order valence-corrected chi connectivity index (χ1v) is 9.14. The van der Waals surface area contributed by atoms with Crippen molar-refractivity contribution in [2.45, 2.75) is 36.1 Å². The number of fused-ring (bicyclic) bond motifs is 1. The summed E-state index contributed by atoms with van der Waals surface area (Å²) in [6.07, 6.45) is 3.17. The van der Waals surface area contributed by atoms with Crippen LogP contribution in [0.2, 0.25) is 0 Å². The van der Waals surface area contributed by atoms with Crippen LogP contribution in [0.5, 0.6) is 0 Å². The zero-order chi connectivity index (χ0) is 18.4. The highest BCUT2D eigenvalue weighted by Gasteiger charge is 2.73. The van der Waals surface area contributed by atoms with Gasteiger partial charge in [-0.25, -0.2) is 17.8 Å². The average molecular weight is 369 g/mol. The van der Waals surface area contributed by atoms with Gasteiger partial charge in [0.1, 0.15) is 5.37 Å². The lowest BCUT2D eigenvalue weighted by Gasteiger charge is -2.35. The summed E-state index contributed by atoms with van der Waals surface area (Å²) in [5.74, 6) is -3.30. The maximum Gasteiger partial charge on any atom is 0.330 e. The van der Waals surface area contributed by atoms with Crippen molar-refractivity contribution in [3.63, 3.8) is 0 Å². The molecule has 1 N–H and O–H groups in total. The second-order valence-corrected chi connectivity index (χ2v) is 8.58. The second kappa shape index (κ2) is 5.80.